The average molecular weight is 735 g/mol. The van der Waals surface area contributed by atoms with Gasteiger partial charge in [-0.05, 0) is 58.4 Å². The molecule has 0 aromatic heterocycles. The summed E-state index contributed by atoms with van der Waals surface area (Å²) in [5, 5.41) is 2.51. The molecule has 0 saturated heterocycles. The van der Waals surface area contributed by atoms with E-state index in [1.807, 2.05) is 69.3 Å². The van der Waals surface area contributed by atoms with Gasteiger partial charge in [-0.15, -0.1) is 0 Å². The Hall–Kier alpha value is -5.24. The quantitative estimate of drug-likeness (QED) is 0.0716. The van der Waals surface area contributed by atoms with Crippen molar-refractivity contribution in [1.29, 1.82) is 0 Å². The molecule has 0 amide bonds. The van der Waals surface area contributed by atoms with Gasteiger partial charge >= 0.3 is 23.9 Å². The highest BCUT2D eigenvalue weighted by Gasteiger charge is 2.31. The maximum atomic E-state index is 13.6. The Kier molecular flexibility index (Phi) is 13.6. The first-order valence-corrected chi connectivity index (χ1v) is 18.7. The molecule has 8 heteroatoms. The van der Waals surface area contributed by atoms with Crippen LogP contribution in [0.15, 0.2) is 71.8 Å². The van der Waals surface area contributed by atoms with E-state index in [1.54, 1.807) is 0 Å². The molecule has 0 aliphatic rings. The average Bonchev–Trinajstić information content (AvgIpc) is 3.09. The molecule has 0 heterocycles. The highest BCUT2D eigenvalue weighted by Crippen LogP contribution is 2.47. The normalized spacial score (nSPS) is 12.3. The molecule has 0 N–H and O–H groups in total. The summed E-state index contributed by atoms with van der Waals surface area (Å²) in [6.45, 7) is 21.1. The number of benzene rings is 4. The number of fused-ring (bicyclic) bond motifs is 2. The Morgan fingerprint density at radius 1 is 0.648 bits per heavy atom. The number of carbonyl (C=O) groups excluding carboxylic acids is 4. The van der Waals surface area contributed by atoms with E-state index in [2.05, 4.69) is 53.7 Å². The van der Waals surface area contributed by atoms with Crippen LogP contribution in [-0.4, -0.2) is 23.9 Å². The molecule has 0 radical (unpaired) electrons. The van der Waals surface area contributed by atoms with Gasteiger partial charge in [0, 0.05) is 57.5 Å². The van der Waals surface area contributed by atoms with Gasteiger partial charge in [0.2, 0.25) is 0 Å². The molecule has 54 heavy (non-hydrogen) atoms. The zero-order chi connectivity index (χ0) is 39.9. The monoisotopic (exact) mass is 734 g/mol. The maximum absolute atomic E-state index is 13.6. The second kappa shape index (κ2) is 17.7. The molecular formula is C46H54O8. The number of allylic oxidation sites excluding steroid dienone is 4. The van der Waals surface area contributed by atoms with Gasteiger partial charge in [-0.1, -0.05) is 106 Å². The summed E-state index contributed by atoms with van der Waals surface area (Å²) in [5.74, 6) is -0.0792. The summed E-state index contributed by atoms with van der Waals surface area (Å²) >= 11 is 0. The zero-order valence-corrected chi connectivity index (χ0v) is 33.7. The zero-order valence-electron chi connectivity index (χ0n) is 33.7. The van der Waals surface area contributed by atoms with Crippen LogP contribution in [0.5, 0.6) is 23.0 Å². The summed E-state index contributed by atoms with van der Waals surface area (Å²) in [4.78, 5) is 51.6. The van der Waals surface area contributed by atoms with Crippen molar-refractivity contribution >= 4 is 45.4 Å². The number of rotatable bonds is 14. The molecule has 4 aromatic rings. The second-order valence-electron chi connectivity index (χ2n) is 15.1. The number of hydrogen-bond acceptors (Lipinski definition) is 8. The van der Waals surface area contributed by atoms with Crippen LogP contribution in [0.1, 0.15) is 110 Å². The van der Waals surface area contributed by atoms with E-state index in [1.165, 1.54) is 25.0 Å². The van der Waals surface area contributed by atoms with Gasteiger partial charge in [-0.3, -0.25) is 19.2 Å². The van der Waals surface area contributed by atoms with Crippen LogP contribution in [0.4, 0.5) is 0 Å². The van der Waals surface area contributed by atoms with E-state index < -0.39 is 29.3 Å². The summed E-state index contributed by atoms with van der Waals surface area (Å²) in [6, 6.07) is 14.7. The van der Waals surface area contributed by atoms with Crippen molar-refractivity contribution in [3.8, 4) is 23.0 Å². The molecule has 0 atom stereocenters. The van der Waals surface area contributed by atoms with Crippen molar-refractivity contribution in [2.24, 2.45) is 5.92 Å². The van der Waals surface area contributed by atoms with Crippen molar-refractivity contribution in [2.75, 3.05) is 0 Å². The first-order chi connectivity index (χ1) is 25.4. The van der Waals surface area contributed by atoms with Gasteiger partial charge in [0.1, 0.15) is 23.0 Å². The Morgan fingerprint density at radius 2 is 1.09 bits per heavy atom. The molecule has 0 unspecified atom stereocenters. The largest absolute Gasteiger partial charge is 0.426 e. The summed E-state index contributed by atoms with van der Waals surface area (Å²) in [7, 11) is 0. The van der Waals surface area contributed by atoms with E-state index >= 15 is 0 Å². The second-order valence-corrected chi connectivity index (χ2v) is 15.1. The van der Waals surface area contributed by atoms with Crippen molar-refractivity contribution in [2.45, 2.75) is 114 Å². The standard InChI is InChI=1S/C46H54O8/c1-12-28(4)21-22-34-30(6)42(35-17-13-15-19-37(35)44(34)51-32(8)47)53-39(49)23-24-40(50)54-43-31(7)41(46(10,11)26-29(5)25-27(2)3)45(52-33(9)48)38-20-16-14-18-36(38)43/h13-21,26-27H,12,22-25H2,1-11H3/b28-21+,29-26+. The van der Waals surface area contributed by atoms with Gasteiger partial charge in [0.15, 0.2) is 0 Å². The Bertz CT molecular complexity index is 2150. The minimum Gasteiger partial charge on any atom is -0.426 e. The van der Waals surface area contributed by atoms with Crippen molar-refractivity contribution in [1.82, 2.24) is 0 Å². The topological polar surface area (TPSA) is 105 Å². The van der Waals surface area contributed by atoms with Gasteiger partial charge in [-0.2, -0.15) is 0 Å². The van der Waals surface area contributed by atoms with Crippen molar-refractivity contribution < 1.29 is 38.1 Å². The summed E-state index contributed by atoms with van der Waals surface area (Å²) in [6.07, 6.45) is 6.03. The SMILES string of the molecule is CC/C(C)=C/Cc1c(C)c(OC(=O)CCC(=O)Oc2c(C)c(C(C)(C)/C=C(\C)CC(C)C)c(OC(C)=O)c3ccccc23)c2ccccc2c1OC(C)=O. The molecule has 286 valence electrons. The lowest BCUT2D eigenvalue weighted by molar-refractivity contribution is -0.140. The lowest BCUT2D eigenvalue weighted by Gasteiger charge is -2.29. The van der Waals surface area contributed by atoms with Gasteiger partial charge in [0.25, 0.3) is 0 Å². The minimum absolute atomic E-state index is 0.236. The molecule has 0 aliphatic heterocycles. The maximum Gasteiger partial charge on any atom is 0.311 e. The van der Waals surface area contributed by atoms with Crippen LogP contribution in [-0.2, 0) is 31.0 Å². The number of ether oxygens (including phenoxy) is 4. The molecule has 8 nitrogen and oxygen atoms in total. The fourth-order valence-corrected chi connectivity index (χ4v) is 7.19. The van der Waals surface area contributed by atoms with Crippen LogP contribution in [0.25, 0.3) is 21.5 Å². The Labute approximate surface area is 319 Å². The van der Waals surface area contributed by atoms with Gasteiger partial charge in [0.05, 0.1) is 12.8 Å². The van der Waals surface area contributed by atoms with Crippen molar-refractivity contribution in [3.05, 3.63) is 94.1 Å². The first kappa shape index (κ1) is 41.5. The lowest BCUT2D eigenvalue weighted by atomic mass is 9.77. The predicted octanol–water partition coefficient (Wildman–Crippen LogP) is 10.9. The Balaban J connectivity index is 1.68. The molecule has 0 fully saturated rings. The number of hydrogen-bond donors (Lipinski definition) is 0. The highest BCUT2D eigenvalue weighted by atomic mass is 16.6. The third kappa shape index (κ3) is 9.84. The lowest BCUT2D eigenvalue weighted by Crippen LogP contribution is -2.21. The summed E-state index contributed by atoms with van der Waals surface area (Å²) in [5.41, 5.74) is 4.58. The van der Waals surface area contributed by atoms with Crippen LogP contribution in [0, 0.1) is 19.8 Å². The van der Waals surface area contributed by atoms with Gasteiger partial charge in [-0.25, -0.2) is 0 Å². The molecule has 0 aliphatic carbocycles. The molecule has 4 rings (SSSR count). The highest BCUT2D eigenvalue weighted by molar-refractivity contribution is 6.00. The number of carbonyl (C=O) groups is 4. The first-order valence-electron chi connectivity index (χ1n) is 18.7. The number of esters is 4. The molecular weight excluding hydrogens is 680 g/mol. The third-order valence-corrected chi connectivity index (χ3v) is 9.49. The third-order valence-electron chi connectivity index (χ3n) is 9.49. The van der Waals surface area contributed by atoms with E-state index in [-0.39, 0.29) is 12.8 Å². The predicted molar refractivity (Wildman–Crippen MR) is 214 cm³/mol. The molecule has 0 spiro atoms. The molecule has 4 aromatic carbocycles. The summed E-state index contributed by atoms with van der Waals surface area (Å²) < 4.78 is 23.7. The van der Waals surface area contributed by atoms with Crippen molar-refractivity contribution in [3.63, 3.8) is 0 Å². The minimum atomic E-state index is -0.608. The smallest absolute Gasteiger partial charge is 0.311 e. The van der Waals surface area contributed by atoms with Crippen LogP contribution < -0.4 is 18.9 Å². The fourth-order valence-electron chi connectivity index (χ4n) is 7.19. The van der Waals surface area contributed by atoms with E-state index in [9.17, 15) is 19.2 Å². The van der Waals surface area contributed by atoms with Crippen LogP contribution in [0.3, 0.4) is 0 Å². The molecule has 0 saturated carbocycles. The van der Waals surface area contributed by atoms with E-state index in [0.29, 0.717) is 68.0 Å². The molecule has 0 bridgehead atoms. The van der Waals surface area contributed by atoms with E-state index in [4.69, 9.17) is 18.9 Å². The van der Waals surface area contributed by atoms with E-state index in [0.717, 1.165) is 24.0 Å². The fraction of sp³-hybridized carbons (Fsp3) is 0.391. The van der Waals surface area contributed by atoms with Crippen LogP contribution >= 0.6 is 0 Å². The van der Waals surface area contributed by atoms with Gasteiger partial charge < -0.3 is 18.9 Å². The Morgan fingerprint density at radius 3 is 1.56 bits per heavy atom. The van der Waals surface area contributed by atoms with Crippen LogP contribution in [0.2, 0.25) is 0 Å².